The number of hydrogen-bond acceptors (Lipinski definition) is 4. The number of primary amides is 1. The van der Waals surface area contributed by atoms with E-state index in [1.807, 2.05) is 13.8 Å². The number of hydrogen-bond donors (Lipinski definition) is 2. The van der Waals surface area contributed by atoms with E-state index in [0.717, 1.165) is 0 Å². The van der Waals surface area contributed by atoms with Gasteiger partial charge in [0.15, 0.2) is 0 Å². The van der Waals surface area contributed by atoms with Gasteiger partial charge < -0.3 is 21.1 Å². The molecule has 0 spiro atoms. The molecule has 0 aliphatic carbocycles. The van der Waals surface area contributed by atoms with Crippen LogP contribution >= 0.6 is 12.4 Å². The average molecular weight is 344 g/mol. The van der Waals surface area contributed by atoms with Gasteiger partial charge in [0, 0.05) is 19.2 Å². The number of carbonyl (C=O) groups is 2. The minimum atomic E-state index is -0.481. The van der Waals surface area contributed by atoms with Gasteiger partial charge in [-0.1, -0.05) is 13.8 Å². The Hall–Kier alpha value is -1.79. The van der Waals surface area contributed by atoms with Crippen molar-refractivity contribution in [1.82, 2.24) is 4.90 Å². The molecule has 0 aliphatic heterocycles. The molecule has 0 fully saturated rings. The van der Waals surface area contributed by atoms with E-state index < -0.39 is 5.91 Å². The molecule has 0 unspecified atom stereocenters. The van der Waals surface area contributed by atoms with Crippen molar-refractivity contribution < 1.29 is 14.3 Å². The van der Waals surface area contributed by atoms with Crippen LogP contribution < -0.4 is 16.2 Å². The van der Waals surface area contributed by atoms with Gasteiger partial charge in [0.2, 0.25) is 11.8 Å². The maximum absolute atomic E-state index is 12.0. The molecule has 1 rings (SSSR count). The first kappa shape index (κ1) is 21.2. The third-order valence-corrected chi connectivity index (χ3v) is 3.37. The highest BCUT2D eigenvalue weighted by Gasteiger charge is 2.20. The molecule has 7 heteroatoms. The largest absolute Gasteiger partial charge is 0.493 e. The maximum Gasteiger partial charge on any atom is 0.248 e. The molecule has 0 saturated carbocycles. The highest BCUT2D eigenvalue weighted by Crippen LogP contribution is 2.15. The second-order valence-electron chi connectivity index (χ2n) is 6.11. The molecule has 0 heterocycles. The van der Waals surface area contributed by atoms with Gasteiger partial charge in [-0.3, -0.25) is 9.59 Å². The fourth-order valence-corrected chi connectivity index (χ4v) is 1.96. The van der Waals surface area contributed by atoms with E-state index in [4.69, 9.17) is 16.2 Å². The van der Waals surface area contributed by atoms with Crippen molar-refractivity contribution in [1.29, 1.82) is 0 Å². The minimum Gasteiger partial charge on any atom is -0.493 e. The van der Waals surface area contributed by atoms with Crippen LogP contribution in [0.1, 0.15) is 30.6 Å². The molecule has 130 valence electrons. The molecule has 0 saturated heterocycles. The Labute approximate surface area is 143 Å². The third-order valence-electron chi connectivity index (χ3n) is 3.37. The Morgan fingerprint density at radius 3 is 2.26 bits per heavy atom. The number of benzene rings is 1. The van der Waals surface area contributed by atoms with Gasteiger partial charge in [-0.15, -0.1) is 12.4 Å². The quantitative estimate of drug-likeness (QED) is 0.745. The summed E-state index contributed by atoms with van der Waals surface area (Å²) in [6.07, 6.45) is 0.286. The van der Waals surface area contributed by atoms with Crippen LogP contribution in [0, 0.1) is 5.41 Å². The van der Waals surface area contributed by atoms with E-state index in [0.29, 0.717) is 24.4 Å². The Balaban J connectivity index is 0.00000484. The fourth-order valence-electron chi connectivity index (χ4n) is 1.96. The highest BCUT2D eigenvalue weighted by atomic mass is 35.5. The van der Waals surface area contributed by atoms with Crippen LogP contribution in [0.25, 0.3) is 0 Å². The molecular weight excluding hydrogens is 318 g/mol. The van der Waals surface area contributed by atoms with Crippen molar-refractivity contribution in [3.05, 3.63) is 29.8 Å². The first-order chi connectivity index (χ1) is 10.2. The first-order valence-electron chi connectivity index (χ1n) is 7.22. The molecule has 1 aromatic rings. The van der Waals surface area contributed by atoms with Gasteiger partial charge in [-0.2, -0.15) is 0 Å². The summed E-state index contributed by atoms with van der Waals surface area (Å²) in [5.41, 5.74) is 11.2. The van der Waals surface area contributed by atoms with E-state index in [-0.39, 0.29) is 36.8 Å². The summed E-state index contributed by atoms with van der Waals surface area (Å²) < 4.78 is 5.49. The van der Waals surface area contributed by atoms with Crippen LogP contribution in [0.3, 0.4) is 0 Å². The number of ether oxygens (including phenoxy) is 1. The molecule has 0 atom stereocenters. The van der Waals surface area contributed by atoms with E-state index in [9.17, 15) is 9.59 Å². The normalized spacial score (nSPS) is 10.6. The van der Waals surface area contributed by atoms with Crippen LogP contribution in [0.2, 0.25) is 0 Å². The topological polar surface area (TPSA) is 98.7 Å². The van der Waals surface area contributed by atoms with Gasteiger partial charge >= 0.3 is 0 Å². The van der Waals surface area contributed by atoms with Crippen molar-refractivity contribution in [3.8, 4) is 5.75 Å². The SMILES string of the molecule is CN(CC(C)(C)CN)C(=O)CCOc1ccc(C(N)=O)cc1.Cl. The number of rotatable bonds is 8. The molecular formula is C16H26ClN3O3. The summed E-state index contributed by atoms with van der Waals surface area (Å²) >= 11 is 0. The van der Waals surface area contributed by atoms with Crippen molar-refractivity contribution in [2.75, 3.05) is 26.7 Å². The van der Waals surface area contributed by atoms with Crippen molar-refractivity contribution in [2.24, 2.45) is 16.9 Å². The number of nitrogens with zero attached hydrogens (tertiary/aromatic N) is 1. The molecule has 4 N–H and O–H groups in total. The van der Waals surface area contributed by atoms with Crippen LogP contribution in [0.4, 0.5) is 0 Å². The van der Waals surface area contributed by atoms with Crippen LogP contribution in [-0.2, 0) is 4.79 Å². The van der Waals surface area contributed by atoms with Crippen LogP contribution in [0.15, 0.2) is 24.3 Å². The van der Waals surface area contributed by atoms with E-state index in [2.05, 4.69) is 0 Å². The van der Waals surface area contributed by atoms with Crippen molar-refractivity contribution in [3.63, 3.8) is 0 Å². The molecule has 1 aromatic carbocycles. The smallest absolute Gasteiger partial charge is 0.248 e. The summed E-state index contributed by atoms with van der Waals surface area (Å²) in [7, 11) is 1.77. The van der Waals surface area contributed by atoms with Gasteiger partial charge in [0.05, 0.1) is 13.0 Å². The molecule has 0 bridgehead atoms. The summed E-state index contributed by atoms with van der Waals surface area (Å²) in [5, 5.41) is 0. The molecule has 0 aliphatic rings. The Morgan fingerprint density at radius 2 is 1.78 bits per heavy atom. The Bertz CT molecular complexity index is 518. The zero-order valence-electron chi connectivity index (χ0n) is 13.9. The van der Waals surface area contributed by atoms with Crippen molar-refractivity contribution >= 4 is 24.2 Å². The lowest BCUT2D eigenvalue weighted by atomic mass is 9.93. The molecule has 2 amide bonds. The lowest BCUT2D eigenvalue weighted by Crippen LogP contribution is -2.40. The Morgan fingerprint density at radius 1 is 1.22 bits per heavy atom. The van der Waals surface area contributed by atoms with Crippen LogP contribution in [-0.4, -0.2) is 43.5 Å². The lowest BCUT2D eigenvalue weighted by molar-refractivity contribution is -0.131. The predicted molar refractivity (Wildman–Crippen MR) is 92.8 cm³/mol. The van der Waals surface area contributed by atoms with Gasteiger partial charge in [0.25, 0.3) is 0 Å². The Kier molecular flexibility index (Phi) is 8.64. The van der Waals surface area contributed by atoms with E-state index in [1.54, 1.807) is 36.2 Å². The van der Waals surface area contributed by atoms with Gasteiger partial charge in [0.1, 0.15) is 5.75 Å². The first-order valence-corrected chi connectivity index (χ1v) is 7.22. The average Bonchev–Trinajstić information content (AvgIpc) is 2.47. The summed E-state index contributed by atoms with van der Waals surface area (Å²) in [6, 6.07) is 6.50. The monoisotopic (exact) mass is 343 g/mol. The maximum atomic E-state index is 12.0. The van der Waals surface area contributed by atoms with E-state index >= 15 is 0 Å². The third kappa shape index (κ3) is 7.34. The summed E-state index contributed by atoms with van der Waals surface area (Å²) in [6.45, 7) is 5.45. The summed E-state index contributed by atoms with van der Waals surface area (Å²) in [5.74, 6) is 0.129. The molecule has 6 nitrogen and oxygen atoms in total. The fraction of sp³-hybridized carbons (Fsp3) is 0.500. The second kappa shape index (κ2) is 9.37. The number of carbonyl (C=O) groups excluding carboxylic acids is 2. The minimum absolute atomic E-state index is 0. The zero-order valence-corrected chi connectivity index (χ0v) is 14.7. The summed E-state index contributed by atoms with van der Waals surface area (Å²) in [4.78, 5) is 24.6. The molecule has 0 aromatic heterocycles. The highest BCUT2D eigenvalue weighted by molar-refractivity contribution is 5.92. The molecule has 23 heavy (non-hydrogen) atoms. The second-order valence-corrected chi connectivity index (χ2v) is 6.11. The van der Waals surface area contributed by atoms with Gasteiger partial charge in [-0.25, -0.2) is 0 Å². The number of amides is 2. The number of nitrogens with two attached hydrogens (primary N) is 2. The molecule has 0 radical (unpaired) electrons. The van der Waals surface area contributed by atoms with Gasteiger partial charge in [-0.05, 0) is 36.2 Å². The zero-order chi connectivity index (χ0) is 16.8. The lowest BCUT2D eigenvalue weighted by Gasteiger charge is -2.29. The number of halogens is 1. The van der Waals surface area contributed by atoms with E-state index in [1.165, 1.54) is 0 Å². The standard InChI is InChI=1S/C16H25N3O3.ClH/c1-16(2,10-17)11-19(3)14(20)8-9-22-13-6-4-12(5-7-13)15(18)21;/h4-7H,8-11,17H2,1-3H3,(H2,18,21);1H. The van der Waals surface area contributed by atoms with Crippen molar-refractivity contribution in [2.45, 2.75) is 20.3 Å². The van der Waals surface area contributed by atoms with Crippen LogP contribution in [0.5, 0.6) is 5.75 Å². The predicted octanol–water partition coefficient (Wildman–Crippen LogP) is 1.42.